The summed E-state index contributed by atoms with van der Waals surface area (Å²) in [6.45, 7) is 4.01. The number of nitrogens with zero attached hydrogens (tertiary/aromatic N) is 3. The lowest BCUT2D eigenvalue weighted by molar-refractivity contribution is 0.389. The lowest BCUT2D eigenvalue weighted by Crippen LogP contribution is -2.08. The molecule has 20 heavy (non-hydrogen) atoms. The van der Waals surface area contributed by atoms with Crippen LogP contribution in [0.2, 0.25) is 0 Å². The predicted molar refractivity (Wildman–Crippen MR) is 75.7 cm³/mol. The maximum absolute atomic E-state index is 5.61. The van der Waals surface area contributed by atoms with E-state index in [0.29, 0.717) is 23.2 Å². The standard InChI is InChI=1S/C14H18N4O2/c1-8-11(19-3)6-5-10(13(8)20-4)14-17-9(2)16-12(7-15)18-14/h5-6H,7,15H2,1-4H3. The van der Waals surface area contributed by atoms with Crippen LogP contribution in [-0.4, -0.2) is 29.2 Å². The average Bonchev–Trinajstić information content (AvgIpc) is 2.46. The van der Waals surface area contributed by atoms with Gasteiger partial charge in [-0.15, -0.1) is 0 Å². The number of hydrogen-bond acceptors (Lipinski definition) is 6. The van der Waals surface area contributed by atoms with Crippen molar-refractivity contribution >= 4 is 0 Å². The van der Waals surface area contributed by atoms with Gasteiger partial charge in [-0.3, -0.25) is 0 Å². The van der Waals surface area contributed by atoms with E-state index in [-0.39, 0.29) is 6.54 Å². The number of ether oxygens (including phenoxy) is 2. The molecule has 2 N–H and O–H groups in total. The third kappa shape index (κ3) is 2.55. The first-order valence-corrected chi connectivity index (χ1v) is 6.24. The van der Waals surface area contributed by atoms with Crippen molar-refractivity contribution in [2.24, 2.45) is 5.73 Å². The third-order valence-electron chi connectivity index (χ3n) is 3.00. The molecule has 1 heterocycles. The monoisotopic (exact) mass is 274 g/mol. The summed E-state index contributed by atoms with van der Waals surface area (Å²) in [5, 5.41) is 0. The summed E-state index contributed by atoms with van der Waals surface area (Å²) in [5.41, 5.74) is 7.31. The third-order valence-corrected chi connectivity index (χ3v) is 3.00. The molecule has 0 saturated carbocycles. The van der Waals surface area contributed by atoms with Crippen molar-refractivity contribution in [2.45, 2.75) is 20.4 Å². The molecule has 0 spiro atoms. The molecule has 0 aliphatic heterocycles. The number of nitrogens with two attached hydrogens (primary N) is 1. The molecule has 2 aromatic rings. The van der Waals surface area contributed by atoms with E-state index in [9.17, 15) is 0 Å². The van der Waals surface area contributed by atoms with Gasteiger partial charge in [-0.25, -0.2) is 15.0 Å². The Morgan fingerprint density at radius 1 is 1.05 bits per heavy atom. The molecule has 0 aliphatic rings. The van der Waals surface area contributed by atoms with Gasteiger partial charge in [0, 0.05) is 5.56 Å². The molecule has 0 bridgehead atoms. The molecule has 6 nitrogen and oxygen atoms in total. The van der Waals surface area contributed by atoms with Gasteiger partial charge in [0.1, 0.15) is 23.1 Å². The average molecular weight is 274 g/mol. The number of aromatic nitrogens is 3. The molecular formula is C14H18N4O2. The van der Waals surface area contributed by atoms with E-state index in [2.05, 4.69) is 15.0 Å². The molecular weight excluding hydrogens is 256 g/mol. The summed E-state index contributed by atoms with van der Waals surface area (Å²) in [5.74, 6) is 3.20. The summed E-state index contributed by atoms with van der Waals surface area (Å²) in [7, 11) is 3.24. The largest absolute Gasteiger partial charge is 0.496 e. The Balaban J connectivity index is 2.63. The van der Waals surface area contributed by atoms with Gasteiger partial charge in [-0.2, -0.15) is 0 Å². The van der Waals surface area contributed by atoms with Crippen LogP contribution in [0.1, 0.15) is 17.2 Å². The Hall–Kier alpha value is -2.21. The Kier molecular flexibility index (Phi) is 4.14. The smallest absolute Gasteiger partial charge is 0.167 e. The normalized spacial score (nSPS) is 10.4. The maximum Gasteiger partial charge on any atom is 0.167 e. The summed E-state index contributed by atoms with van der Waals surface area (Å²) >= 11 is 0. The molecule has 0 aliphatic carbocycles. The number of benzene rings is 1. The fraction of sp³-hybridized carbons (Fsp3) is 0.357. The number of aryl methyl sites for hydroxylation is 1. The summed E-state index contributed by atoms with van der Waals surface area (Å²) in [6, 6.07) is 3.74. The van der Waals surface area contributed by atoms with Gasteiger partial charge in [-0.05, 0) is 26.0 Å². The van der Waals surface area contributed by atoms with Gasteiger partial charge < -0.3 is 15.2 Å². The minimum atomic E-state index is 0.272. The number of hydrogen-bond donors (Lipinski definition) is 1. The van der Waals surface area contributed by atoms with Crippen LogP contribution in [0.15, 0.2) is 12.1 Å². The molecule has 0 atom stereocenters. The van der Waals surface area contributed by atoms with Crippen LogP contribution in [0.4, 0.5) is 0 Å². The van der Waals surface area contributed by atoms with Crippen molar-refractivity contribution in [1.29, 1.82) is 0 Å². The van der Waals surface area contributed by atoms with E-state index in [1.54, 1.807) is 14.2 Å². The van der Waals surface area contributed by atoms with Crippen LogP contribution < -0.4 is 15.2 Å². The molecule has 0 unspecified atom stereocenters. The van der Waals surface area contributed by atoms with Crippen molar-refractivity contribution < 1.29 is 9.47 Å². The van der Waals surface area contributed by atoms with Crippen LogP contribution in [0.5, 0.6) is 11.5 Å². The minimum absolute atomic E-state index is 0.272. The number of rotatable bonds is 4. The van der Waals surface area contributed by atoms with Gasteiger partial charge in [0.05, 0.1) is 26.3 Å². The minimum Gasteiger partial charge on any atom is -0.496 e. The lowest BCUT2D eigenvalue weighted by Gasteiger charge is -2.14. The van der Waals surface area contributed by atoms with Gasteiger partial charge in [0.25, 0.3) is 0 Å². The molecule has 1 aromatic heterocycles. The highest BCUT2D eigenvalue weighted by atomic mass is 16.5. The topological polar surface area (TPSA) is 83.2 Å². The Morgan fingerprint density at radius 2 is 1.80 bits per heavy atom. The Labute approximate surface area is 118 Å². The maximum atomic E-state index is 5.61. The second-order valence-corrected chi connectivity index (χ2v) is 4.30. The van der Waals surface area contributed by atoms with Gasteiger partial charge >= 0.3 is 0 Å². The van der Waals surface area contributed by atoms with Gasteiger partial charge in [0.15, 0.2) is 5.82 Å². The van der Waals surface area contributed by atoms with Crippen LogP contribution in [0.25, 0.3) is 11.4 Å². The Bertz CT molecular complexity index is 629. The predicted octanol–water partition coefficient (Wildman–Crippen LogP) is 1.63. The first-order chi connectivity index (χ1) is 9.60. The second-order valence-electron chi connectivity index (χ2n) is 4.30. The van der Waals surface area contributed by atoms with E-state index >= 15 is 0 Å². The summed E-state index contributed by atoms with van der Waals surface area (Å²) in [4.78, 5) is 12.9. The zero-order valence-electron chi connectivity index (χ0n) is 12.1. The van der Waals surface area contributed by atoms with E-state index < -0.39 is 0 Å². The van der Waals surface area contributed by atoms with Crippen molar-refractivity contribution in [3.05, 3.63) is 29.3 Å². The van der Waals surface area contributed by atoms with Crippen molar-refractivity contribution in [2.75, 3.05) is 14.2 Å². The van der Waals surface area contributed by atoms with Crippen LogP contribution >= 0.6 is 0 Å². The molecule has 0 fully saturated rings. The first-order valence-electron chi connectivity index (χ1n) is 6.24. The van der Waals surface area contributed by atoms with E-state index in [4.69, 9.17) is 15.2 Å². The molecule has 1 aromatic carbocycles. The van der Waals surface area contributed by atoms with E-state index in [1.807, 2.05) is 26.0 Å². The molecule has 0 amide bonds. The highest BCUT2D eigenvalue weighted by Gasteiger charge is 2.16. The molecule has 0 saturated heterocycles. The van der Waals surface area contributed by atoms with Gasteiger partial charge in [-0.1, -0.05) is 0 Å². The van der Waals surface area contributed by atoms with Crippen LogP contribution in [-0.2, 0) is 6.54 Å². The van der Waals surface area contributed by atoms with Crippen molar-refractivity contribution in [3.8, 4) is 22.9 Å². The van der Waals surface area contributed by atoms with Crippen LogP contribution in [0, 0.1) is 13.8 Å². The Morgan fingerprint density at radius 3 is 2.40 bits per heavy atom. The van der Waals surface area contributed by atoms with E-state index in [1.165, 1.54) is 0 Å². The van der Waals surface area contributed by atoms with Crippen LogP contribution in [0.3, 0.4) is 0 Å². The van der Waals surface area contributed by atoms with Gasteiger partial charge in [0.2, 0.25) is 0 Å². The van der Waals surface area contributed by atoms with Crippen molar-refractivity contribution in [1.82, 2.24) is 15.0 Å². The molecule has 106 valence electrons. The van der Waals surface area contributed by atoms with Crippen molar-refractivity contribution in [3.63, 3.8) is 0 Å². The summed E-state index contributed by atoms with van der Waals surface area (Å²) < 4.78 is 10.8. The zero-order valence-corrected chi connectivity index (χ0v) is 12.1. The first kappa shape index (κ1) is 14.2. The SMILES string of the molecule is COc1ccc(-c2nc(C)nc(CN)n2)c(OC)c1C. The molecule has 0 radical (unpaired) electrons. The quantitative estimate of drug-likeness (QED) is 0.912. The second kappa shape index (κ2) is 5.83. The zero-order chi connectivity index (χ0) is 14.7. The van der Waals surface area contributed by atoms with E-state index in [0.717, 1.165) is 16.9 Å². The fourth-order valence-corrected chi connectivity index (χ4v) is 2.08. The molecule has 6 heteroatoms. The number of methoxy groups -OCH3 is 2. The lowest BCUT2D eigenvalue weighted by atomic mass is 10.1. The fourth-order valence-electron chi connectivity index (χ4n) is 2.08. The highest BCUT2D eigenvalue weighted by molar-refractivity contribution is 5.69. The summed E-state index contributed by atoms with van der Waals surface area (Å²) in [6.07, 6.45) is 0. The highest BCUT2D eigenvalue weighted by Crippen LogP contribution is 2.36. The molecule has 2 rings (SSSR count).